The van der Waals surface area contributed by atoms with Crippen molar-refractivity contribution in [2.24, 2.45) is 0 Å². The van der Waals surface area contributed by atoms with Crippen LogP contribution in [0.1, 0.15) is 6.42 Å². The molecule has 0 amide bonds. The van der Waals surface area contributed by atoms with Gasteiger partial charge in [-0.3, -0.25) is 5.43 Å². The predicted octanol–water partition coefficient (Wildman–Crippen LogP) is -0.299. The molecular formula is C6H12N2O. The van der Waals surface area contributed by atoms with Gasteiger partial charge in [0.1, 0.15) is 6.23 Å². The Morgan fingerprint density at radius 3 is 3.00 bits per heavy atom. The molecule has 3 nitrogen and oxygen atoms in total. The molecule has 52 valence electrons. The smallest absolute Gasteiger partial charge is 0.138 e. The zero-order chi connectivity index (χ0) is 6.69. The molecule has 3 heteroatoms. The van der Waals surface area contributed by atoms with Crippen LogP contribution in [-0.2, 0) is 0 Å². The Morgan fingerprint density at radius 1 is 1.78 bits per heavy atom. The molecule has 1 rings (SSSR count). The first-order valence-electron chi connectivity index (χ1n) is 3.15. The number of hydrogen-bond donors (Lipinski definition) is 2. The van der Waals surface area contributed by atoms with E-state index in [1.165, 1.54) is 6.08 Å². The Morgan fingerprint density at radius 2 is 2.56 bits per heavy atom. The molecule has 0 aliphatic carbocycles. The highest BCUT2D eigenvalue weighted by molar-refractivity contribution is 4.79. The number of nitrogens with zero attached hydrogens (tertiary/aromatic N) is 1. The molecular weight excluding hydrogens is 116 g/mol. The summed E-state index contributed by atoms with van der Waals surface area (Å²) in [5.41, 5.74) is 3.02. The summed E-state index contributed by atoms with van der Waals surface area (Å²) in [4.78, 5) is 0. The SMILES string of the molecule is C=CC(O)N1CCCN1. The largest absolute Gasteiger partial charge is 0.373 e. The van der Waals surface area contributed by atoms with E-state index in [0.717, 1.165) is 19.5 Å². The zero-order valence-corrected chi connectivity index (χ0v) is 5.38. The second kappa shape index (κ2) is 2.96. The Kier molecular flexibility index (Phi) is 2.22. The van der Waals surface area contributed by atoms with Crippen LogP contribution < -0.4 is 5.43 Å². The molecule has 0 saturated carbocycles. The van der Waals surface area contributed by atoms with Crippen molar-refractivity contribution in [2.75, 3.05) is 13.1 Å². The molecule has 1 atom stereocenters. The lowest BCUT2D eigenvalue weighted by Gasteiger charge is -2.18. The summed E-state index contributed by atoms with van der Waals surface area (Å²) in [5, 5.41) is 10.9. The molecule has 0 aromatic heterocycles. The van der Waals surface area contributed by atoms with Crippen LogP contribution in [0, 0.1) is 0 Å². The van der Waals surface area contributed by atoms with Gasteiger partial charge in [0.2, 0.25) is 0 Å². The summed E-state index contributed by atoms with van der Waals surface area (Å²) in [7, 11) is 0. The summed E-state index contributed by atoms with van der Waals surface area (Å²) in [6.45, 7) is 5.35. The second-order valence-corrected chi connectivity index (χ2v) is 2.10. The number of hydrazine groups is 1. The van der Waals surface area contributed by atoms with Gasteiger partial charge in [0.25, 0.3) is 0 Å². The van der Waals surface area contributed by atoms with Crippen LogP contribution in [0.5, 0.6) is 0 Å². The van der Waals surface area contributed by atoms with Crippen molar-refractivity contribution in [1.82, 2.24) is 10.4 Å². The lowest BCUT2D eigenvalue weighted by molar-refractivity contribution is 0.0273. The van der Waals surface area contributed by atoms with Crippen LogP contribution in [0.2, 0.25) is 0 Å². The van der Waals surface area contributed by atoms with E-state index in [1.807, 2.05) is 0 Å². The maximum atomic E-state index is 9.10. The van der Waals surface area contributed by atoms with Crippen molar-refractivity contribution < 1.29 is 5.11 Å². The average Bonchev–Trinajstić information content (AvgIpc) is 2.37. The molecule has 0 radical (unpaired) electrons. The minimum absolute atomic E-state index is 0.521. The lowest BCUT2D eigenvalue weighted by Crippen LogP contribution is -2.38. The van der Waals surface area contributed by atoms with Crippen LogP contribution in [-0.4, -0.2) is 29.4 Å². The van der Waals surface area contributed by atoms with E-state index in [1.54, 1.807) is 5.01 Å². The van der Waals surface area contributed by atoms with E-state index in [2.05, 4.69) is 12.0 Å². The Hall–Kier alpha value is -0.380. The summed E-state index contributed by atoms with van der Waals surface area (Å²) >= 11 is 0. The van der Waals surface area contributed by atoms with Gasteiger partial charge in [0, 0.05) is 13.1 Å². The molecule has 0 bridgehead atoms. The zero-order valence-electron chi connectivity index (χ0n) is 5.38. The first-order valence-corrected chi connectivity index (χ1v) is 3.15. The normalized spacial score (nSPS) is 24.1. The van der Waals surface area contributed by atoms with Crippen molar-refractivity contribution in [3.8, 4) is 0 Å². The second-order valence-electron chi connectivity index (χ2n) is 2.10. The van der Waals surface area contributed by atoms with Crippen molar-refractivity contribution in [2.45, 2.75) is 12.6 Å². The number of hydrogen-bond acceptors (Lipinski definition) is 3. The first-order chi connectivity index (χ1) is 4.34. The standard InChI is InChI=1S/C6H12N2O/c1-2-6(9)8-5-3-4-7-8/h2,6-7,9H,1,3-5H2. The van der Waals surface area contributed by atoms with E-state index in [4.69, 9.17) is 5.11 Å². The summed E-state index contributed by atoms with van der Waals surface area (Å²) in [5.74, 6) is 0. The van der Waals surface area contributed by atoms with E-state index in [9.17, 15) is 0 Å². The third-order valence-corrected chi connectivity index (χ3v) is 1.42. The molecule has 1 aliphatic rings. The number of aliphatic hydroxyl groups is 1. The summed E-state index contributed by atoms with van der Waals surface area (Å²) in [6, 6.07) is 0. The maximum Gasteiger partial charge on any atom is 0.138 e. The van der Waals surface area contributed by atoms with Gasteiger partial charge < -0.3 is 5.11 Å². The molecule has 1 aliphatic heterocycles. The number of rotatable bonds is 2. The third kappa shape index (κ3) is 1.51. The van der Waals surface area contributed by atoms with Crippen LogP contribution in [0.25, 0.3) is 0 Å². The molecule has 2 N–H and O–H groups in total. The van der Waals surface area contributed by atoms with Gasteiger partial charge in [-0.1, -0.05) is 6.58 Å². The molecule has 1 fully saturated rings. The maximum absolute atomic E-state index is 9.10. The van der Waals surface area contributed by atoms with E-state index in [0.29, 0.717) is 0 Å². The minimum Gasteiger partial charge on any atom is -0.373 e. The Bertz CT molecular complexity index is 99.2. The molecule has 0 aromatic carbocycles. The molecule has 1 saturated heterocycles. The van der Waals surface area contributed by atoms with Gasteiger partial charge in [-0.05, 0) is 12.5 Å². The van der Waals surface area contributed by atoms with Crippen LogP contribution in [0.3, 0.4) is 0 Å². The van der Waals surface area contributed by atoms with E-state index >= 15 is 0 Å². The first kappa shape index (κ1) is 6.74. The van der Waals surface area contributed by atoms with E-state index < -0.39 is 6.23 Å². The molecule has 9 heavy (non-hydrogen) atoms. The molecule has 1 unspecified atom stereocenters. The van der Waals surface area contributed by atoms with Gasteiger partial charge in [-0.25, -0.2) is 5.01 Å². The topological polar surface area (TPSA) is 35.5 Å². The molecule has 0 aromatic rings. The van der Waals surface area contributed by atoms with Crippen LogP contribution >= 0.6 is 0 Å². The summed E-state index contributed by atoms with van der Waals surface area (Å²) < 4.78 is 0. The Balaban J connectivity index is 2.32. The quantitative estimate of drug-likeness (QED) is 0.501. The fourth-order valence-electron chi connectivity index (χ4n) is 0.904. The minimum atomic E-state index is -0.521. The highest BCUT2D eigenvalue weighted by Crippen LogP contribution is 2.00. The highest BCUT2D eigenvalue weighted by atomic mass is 16.3. The third-order valence-electron chi connectivity index (χ3n) is 1.42. The van der Waals surface area contributed by atoms with Gasteiger partial charge >= 0.3 is 0 Å². The van der Waals surface area contributed by atoms with Crippen molar-refractivity contribution in [1.29, 1.82) is 0 Å². The van der Waals surface area contributed by atoms with Gasteiger partial charge in [-0.2, -0.15) is 0 Å². The average molecular weight is 128 g/mol. The lowest BCUT2D eigenvalue weighted by atomic mass is 10.4. The fourth-order valence-corrected chi connectivity index (χ4v) is 0.904. The van der Waals surface area contributed by atoms with Crippen molar-refractivity contribution in [3.05, 3.63) is 12.7 Å². The summed E-state index contributed by atoms with van der Waals surface area (Å²) in [6.07, 6.45) is 2.09. The van der Waals surface area contributed by atoms with Gasteiger partial charge in [-0.15, -0.1) is 0 Å². The fraction of sp³-hybridized carbons (Fsp3) is 0.667. The number of nitrogens with one attached hydrogen (secondary N) is 1. The Labute approximate surface area is 54.9 Å². The van der Waals surface area contributed by atoms with Gasteiger partial charge in [0.05, 0.1) is 0 Å². The predicted molar refractivity (Wildman–Crippen MR) is 35.5 cm³/mol. The van der Waals surface area contributed by atoms with Crippen molar-refractivity contribution >= 4 is 0 Å². The number of aliphatic hydroxyl groups excluding tert-OH is 1. The van der Waals surface area contributed by atoms with Crippen LogP contribution in [0.4, 0.5) is 0 Å². The van der Waals surface area contributed by atoms with Crippen molar-refractivity contribution in [3.63, 3.8) is 0 Å². The highest BCUT2D eigenvalue weighted by Gasteiger charge is 2.15. The molecule has 0 spiro atoms. The van der Waals surface area contributed by atoms with Crippen LogP contribution in [0.15, 0.2) is 12.7 Å². The monoisotopic (exact) mass is 128 g/mol. The van der Waals surface area contributed by atoms with Gasteiger partial charge in [0.15, 0.2) is 0 Å². The van der Waals surface area contributed by atoms with E-state index in [-0.39, 0.29) is 0 Å². The molecule has 1 heterocycles.